The summed E-state index contributed by atoms with van der Waals surface area (Å²) < 4.78 is 7.43. The minimum atomic E-state index is -0.541. The third-order valence-electron chi connectivity index (χ3n) is 3.63. The van der Waals surface area contributed by atoms with Gasteiger partial charge < -0.3 is 10.5 Å². The third-order valence-corrected chi connectivity index (χ3v) is 4.54. The van der Waals surface area contributed by atoms with Crippen molar-refractivity contribution in [3.05, 3.63) is 40.3 Å². The molecule has 0 unspecified atom stereocenters. The maximum Gasteiger partial charge on any atom is 0.348 e. The van der Waals surface area contributed by atoms with Gasteiger partial charge in [0.15, 0.2) is 0 Å². The van der Waals surface area contributed by atoms with E-state index in [0.29, 0.717) is 10.4 Å². The molecule has 6 nitrogen and oxygen atoms in total. The molecule has 2 N–H and O–H groups in total. The number of hydrogen-bond acceptors (Lipinski definition) is 5. The number of hydrogen-bond donors (Lipinski definition) is 1. The number of primary amides is 1. The molecular weight excluding hydrogens is 290 g/mol. The summed E-state index contributed by atoms with van der Waals surface area (Å²) in [4.78, 5) is 23.6. The van der Waals surface area contributed by atoms with Crippen LogP contribution in [0.15, 0.2) is 29.9 Å². The summed E-state index contributed by atoms with van der Waals surface area (Å²) in [5, 5.41) is 5.79. The predicted octanol–water partition coefficient (Wildman–Crippen LogP) is 1.99. The summed E-state index contributed by atoms with van der Waals surface area (Å²) in [5.41, 5.74) is 5.52. The highest BCUT2D eigenvalue weighted by Crippen LogP contribution is 2.32. The van der Waals surface area contributed by atoms with Crippen LogP contribution in [0, 0.1) is 0 Å². The molecule has 3 rings (SSSR count). The van der Waals surface area contributed by atoms with Crippen molar-refractivity contribution in [3.8, 4) is 0 Å². The van der Waals surface area contributed by atoms with E-state index in [1.54, 1.807) is 11.6 Å². The second-order valence-electron chi connectivity index (χ2n) is 4.99. The lowest BCUT2D eigenvalue weighted by atomic mass is 10.2. The van der Waals surface area contributed by atoms with Crippen molar-refractivity contribution in [3.63, 3.8) is 0 Å². The molecule has 0 spiro atoms. The van der Waals surface area contributed by atoms with E-state index in [1.165, 1.54) is 17.4 Å². The zero-order valence-corrected chi connectivity index (χ0v) is 12.1. The zero-order chi connectivity index (χ0) is 14.8. The van der Waals surface area contributed by atoms with E-state index < -0.39 is 11.9 Å². The van der Waals surface area contributed by atoms with Gasteiger partial charge in [-0.25, -0.2) is 4.79 Å². The number of nitrogens with zero attached hydrogens (tertiary/aromatic N) is 2. The Bertz CT molecular complexity index is 650. The molecule has 0 radical (unpaired) electrons. The molecule has 0 bridgehead atoms. The standard InChI is InChI=1S/C14H15N3O3S/c15-13(18)9-7-12(21-8-9)14(19)20-11-4-1-3-10(11)17-6-2-5-16-17/h2,5-8,10-11H,1,3-4H2,(H2,15,18)/t10-,11-/m1/s1. The van der Waals surface area contributed by atoms with Crippen molar-refractivity contribution in [2.45, 2.75) is 31.4 Å². The molecule has 110 valence electrons. The van der Waals surface area contributed by atoms with Gasteiger partial charge in [-0.05, 0) is 31.4 Å². The molecule has 1 amide bonds. The van der Waals surface area contributed by atoms with Crippen molar-refractivity contribution >= 4 is 23.2 Å². The largest absolute Gasteiger partial charge is 0.456 e. The van der Waals surface area contributed by atoms with Crippen LogP contribution in [0.4, 0.5) is 0 Å². The molecule has 0 aliphatic heterocycles. The first-order chi connectivity index (χ1) is 10.1. The van der Waals surface area contributed by atoms with Crippen LogP contribution in [0.1, 0.15) is 45.3 Å². The second kappa shape index (κ2) is 5.69. The molecule has 2 atom stereocenters. The fourth-order valence-corrected chi connectivity index (χ4v) is 3.37. The van der Waals surface area contributed by atoms with Crippen LogP contribution < -0.4 is 5.73 Å². The lowest BCUT2D eigenvalue weighted by molar-refractivity contribution is 0.0215. The van der Waals surface area contributed by atoms with Crippen LogP contribution in [0.2, 0.25) is 0 Å². The van der Waals surface area contributed by atoms with Gasteiger partial charge in [0.05, 0.1) is 11.6 Å². The first-order valence-corrected chi connectivity index (χ1v) is 7.61. The molecule has 21 heavy (non-hydrogen) atoms. The Hall–Kier alpha value is -2.15. The predicted molar refractivity (Wildman–Crippen MR) is 77.2 cm³/mol. The van der Waals surface area contributed by atoms with E-state index >= 15 is 0 Å². The average molecular weight is 305 g/mol. The van der Waals surface area contributed by atoms with Gasteiger partial charge in [-0.2, -0.15) is 5.10 Å². The maximum atomic E-state index is 12.2. The van der Waals surface area contributed by atoms with E-state index in [4.69, 9.17) is 10.5 Å². The Balaban J connectivity index is 1.70. The molecule has 1 aliphatic carbocycles. The van der Waals surface area contributed by atoms with Crippen molar-refractivity contribution in [1.29, 1.82) is 0 Å². The van der Waals surface area contributed by atoms with E-state index in [9.17, 15) is 9.59 Å². The Kier molecular flexibility index (Phi) is 3.74. The number of rotatable bonds is 4. The fraction of sp³-hybridized carbons (Fsp3) is 0.357. The molecular formula is C14H15N3O3S. The lowest BCUT2D eigenvalue weighted by Gasteiger charge is -2.20. The second-order valence-corrected chi connectivity index (χ2v) is 5.90. The Morgan fingerprint density at radius 2 is 2.29 bits per heavy atom. The number of thiophene rings is 1. The number of ether oxygens (including phenoxy) is 1. The van der Waals surface area contributed by atoms with Crippen LogP contribution in [-0.2, 0) is 4.74 Å². The van der Waals surface area contributed by atoms with Crippen LogP contribution in [-0.4, -0.2) is 27.8 Å². The third kappa shape index (κ3) is 2.82. The van der Waals surface area contributed by atoms with Crippen molar-refractivity contribution < 1.29 is 14.3 Å². The number of nitrogens with two attached hydrogens (primary N) is 1. The number of carbonyl (C=O) groups is 2. The van der Waals surface area contributed by atoms with Gasteiger partial charge >= 0.3 is 5.97 Å². The molecule has 2 heterocycles. The normalized spacial score (nSPS) is 21.3. The summed E-state index contributed by atoms with van der Waals surface area (Å²) in [5.74, 6) is -0.947. The van der Waals surface area contributed by atoms with Crippen LogP contribution >= 0.6 is 11.3 Å². The number of aromatic nitrogens is 2. The highest BCUT2D eigenvalue weighted by atomic mass is 32.1. The summed E-state index contributed by atoms with van der Waals surface area (Å²) in [6.45, 7) is 0. The summed E-state index contributed by atoms with van der Waals surface area (Å²) >= 11 is 1.17. The van der Waals surface area contributed by atoms with Gasteiger partial charge in [0.1, 0.15) is 11.0 Å². The summed E-state index contributed by atoms with van der Waals surface area (Å²) in [6.07, 6.45) is 6.18. The minimum Gasteiger partial charge on any atom is -0.456 e. The molecule has 1 saturated carbocycles. The summed E-state index contributed by atoms with van der Waals surface area (Å²) in [6, 6.07) is 3.42. The highest BCUT2D eigenvalue weighted by Gasteiger charge is 2.32. The van der Waals surface area contributed by atoms with Crippen molar-refractivity contribution in [2.24, 2.45) is 5.73 Å². The summed E-state index contributed by atoms with van der Waals surface area (Å²) in [7, 11) is 0. The Morgan fingerprint density at radius 3 is 2.95 bits per heavy atom. The Morgan fingerprint density at radius 1 is 1.43 bits per heavy atom. The van der Waals surface area contributed by atoms with Gasteiger partial charge in [0, 0.05) is 17.8 Å². The Labute approximate surface area is 125 Å². The molecule has 7 heteroatoms. The fourth-order valence-electron chi connectivity index (χ4n) is 2.59. The molecule has 0 aromatic carbocycles. The zero-order valence-electron chi connectivity index (χ0n) is 11.3. The quantitative estimate of drug-likeness (QED) is 0.875. The molecule has 1 aliphatic rings. The number of esters is 1. The topological polar surface area (TPSA) is 87.2 Å². The maximum absolute atomic E-state index is 12.2. The monoisotopic (exact) mass is 305 g/mol. The van der Waals surface area contributed by atoms with Gasteiger partial charge in [0.25, 0.3) is 0 Å². The first kappa shape index (κ1) is 13.8. The number of amides is 1. The van der Waals surface area contributed by atoms with Gasteiger partial charge in [-0.3, -0.25) is 9.48 Å². The van der Waals surface area contributed by atoms with Crippen LogP contribution in [0.5, 0.6) is 0 Å². The SMILES string of the molecule is NC(=O)c1csc(C(=O)O[C@@H]2CCC[C@H]2n2cccn2)c1. The van der Waals surface area contributed by atoms with Crippen LogP contribution in [0.3, 0.4) is 0 Å². The molecule has 0 saturated heterocycles. The van der Waals surface area contributed by atoms with E-state index in [1.807, 2.05) is 16.9 Å². The smallest absolute Gasteiger partial charge is 0.348 e. The van der Waals surface area contributed by atoms with Crippen molar-refractivity contribution in [1.82, 2.24) is 9.78 Å². The number of carbonyl (C=O) groups excluding carboxylic acids is 2. The molecule has 2 aromatic heterocycles. The highest BCUT2D eigenvalue weighted by molar-refractivity contribution is 7.12. The average Bonchev–Trinajstić information content (AvgIpc) is 3.19. The van der Waals surface area contributed by atoms with E-state index in [0.717, 1.165) is 19.3 Å². The van der Waals surface area contributed by atoms with Gasteiger partial charge in [-0.1, -0.05) is 0 Å². The molecule has 1 fully saturated rings. The van der Waals surface area contributed by atoms with E-state index in [-0.39, 0.29) is 12.1 Å². The lowest BCUT2D eigenvalue weighted by Crippen LogP contribution is -2.25. The van der Waals surface area contributed by atoms with Gasteiger partial charge in [-0.15, -0.1) is 11.3 Å². The van der Waals surface area contributed by atoms with E-state index in [2.05, 4.69) is 5.10 Å². The van der Waals surface area contributed by atoms with Crippen molar-refractivity contribution in [2.75, 3.05) is 0 Å². The molecule has 2 aromatic rings. The first-order valence-electron chi connectivity index (χ1n) is 6.73. The van der Waals surface area contributed by atoms with Gasteiger partial charge in [0.2, 0.25) is 5.91 Å². The minimum absolute atomic E-state index is 0.0829. The van der Waals surface area contributed by atoms with Crippen LogP contribution in [0.25, 0.3) is 0 Å².